The minimum absolute atomic E-state index is 0.0628. The Kier molecular flexibility index (Phi) is 5.97. The minimum atomic E-state index is -0.225. The molecule has 124 valence electrons. The number of aromatic nitrogens is 2. The summed E-state index contributed by atoms with van der Waals surface area (Å²) < 4.78 is 1.89. The van der Waals surface area contributed by atoms with Crippen LogP contribution in [0, 0.1) is 19.8 Å². The van der Waals surface area contributed by atoms with Crippen LogP contribution in [0.2, 0.25) is 0 Å². The second-order valence-corrected chi connectivity index (χ2v) is 6.15. The van der Waals surface area contributed by atoms with E-state index in [9.17, 15) is 9.90 Å². The van der Waals surface area contributed by atoms with E-state index < -0.39 is 0 Å². The van der Waals surface area contributed by atoms with Crippen LogP contribution in [0.5, 0.6) is 0 Å². The zero-order valence-corrected chi connectivity index (χ0v) is 13.9. The number of aryl methyl sites for hydroxylation is 2. The molecule has 1 aliphatic rings. The summed E-state index contributed by atoms with van der Waals surface area (Å²) in [5.41, 5.74) is 2.64. The third-order valence-corrected chi connectivity index (χ3v) is 4.51. The van der Waals surface area contributed by atoms with Gasteiger partial charge < -0.3 is 15.7 Å². The largest absolute Gasteiger partial charge is 0.393 e. The number of nitrogens with one attached hydrogen (secondary N) is 2. The average molecular weight is 308 g/mol. The summed E-state index contributed by atoms with van der Waals surface area (Å²) in [4.78, 5) is 12.1. The Morgan fingerprint density at radius 2 is 2.09 bits per heavy atom. The van der Waals surface area contributed by atoms with Crippen LogP contribution in [0.15, 0.2) is 0 Å². The van der Waals surface area contributed by atoms with Gasteiger partial charge in [0.15, 0.2) is 0 Å². The van der Waals surface area contributed by atoms with Crippen molar-refractivity contribution in [2.45, 2.75) is 59.1 Å². The summed E-state index contributed by atoms with van der Waals surface area (Å²) in [6.07, 6.45) is 3.98. The lowest BCUT2D eigenvalue weighted by Gasteiger charge is -2.27. The molecule has 2 rings (SSSR count). The van der Waals surface area contributed by atoms with Gasteiger partial charge in [-0.1, -0.05) is 12.8 Å². The molecule has 0 spiro atoms. The van der Waals surface area contributed by atoms with Crippen molar-refractivity contribution in [3.8, 4) is 0 Å². The van der Waals surface area contributed by atoms with E-state index in [-0.39, 0.29) is 24.5 Å². The number of carbonyl (C=O) groups excluding carboxylic acids is 1. The number of amides is 1. The van der Waals surface area contributed by atoms with E-state index in [4.69, 9.17) is 0 Å². The van der Waals surface area contributed by atoms with Crippen LogP contribution in [0.3, 0.4) is 0 Å². The standard InChI is InChI=1S/C16H28N4O2/c1-4-20-12(3)16(11(2)19-20)18-15(22)10-17-9-13-7-5-6-8-14(13)21/h13-14,17,21H,4-10H2,1-3H3,(H,18,22)/t13-,14-/m0/s1. The number of anilines is 1. The number of aliphatic hydroxyl groups is 1. The van der Waals surface area contributed by atoms with E-state index in [1.807, 2.05) is 25.5 Å². The Bertz CT molecular complexity index is 512. The van der Waals surface area contributed by atoms with Crippen molar-refractivity contribution in [1.29, 1.82) is 0 Å². The SMILES string of the molecule is CCn1nc(C)c(NC(=O)CNC[C@@H]2CCCC[C@@H]2O)c1C. The second kappa shape index (κ2) is 7.74. The fraction of sp³-hybridized carbons (Fsp3) is 0.750. The van der Waals surface area contributed by atoms with Gasteiger partial charge in [0.25, 0.3) is 0 Å². The molecule has 2 atom stereocenters. The second-order valence-electron chi connectivity index (χ2n) is 6.15. The van der Waals surface area contributed by atoms with E-state index in [1.165, 1.54) is 6.42 Å². The Balaban J connectivity index is 1.79. The summed E-state index contributed by atoms with van der Waals surface area (Å²) in [5, 5.41) is 20.4. The van der Waals surface area contributed by atoms with Crippen molar-refractivity contribution in [3.05, 3.63) is 11.4 Å². The van der Waals surface area contributed by atoms with Crippen LogP contribution >= 0.6 is 0 Å². The third-order valence-electron chi connectivity index (χ3n) is 4.51. The highest BCUT2D eigenvalue weighted by molar-refractivity contribution is 5.93. The number of hydrogen-bond acceptors (Lipinski definition) is 4. The Morgan fingerprint density at radius 3 is 2.73 bits per heavy atom. The lowest BCUT2D eigenvalue weighted by atomic mass is 9.86. The van der Waals surface area contributed by atoms with Crippen molar-refractivity contribution in [2.24, 2.45) is 5.92 Å². The fourth-order valence-electron chi connectivity index (χ4n) is 3.17. The molecule has 1 aliphatic carbocycles. The van der Waals surface area contributed by atoms with Gasteiger partial charge in [-0.05, 0) is 39.5 Å². The first-order valence-corrected chi connectivity index (χ1v) is 8.25. The quantitative estimate of drug-likeness (QED) is 0.746. The Labute approximate surface area is 132 Å². The van der Waals surface area contributed by atoms with Crippen molar-refractivity contribution < 1.29 is 9.90 Å². The van der Waals surface area contributed by atoms with Gasteiger partial charge in [-0.2, -0.15) is 5.10 Å². The molecule has 1 amide bonds. The first kappa shape index (κ1) is 17.0. The van der Waals surface area contributed by atoms with E-state index in [2.05, 4.69) is 15.7 Å². The smallest absolute Gasteiger partial charge is 0.238 e. The van der Waals surface area contributed by atoms with E-state index in [1.54, 1.807) is 0 Å². The molecular formula is C16H28N4O2. The molecule has 1 aromatic heterocycles. The number of aliphatic hydroxyl groups excluding tert-OH is 1. The number of carbonyl (C=O) groups is 1. The van der Waals surface area contributed by atoms with Crippen molar-refractivity contribution in [1.82, 2.24) is 15.1 Å². The highest BCUT2D eigenvalue weighted by atomic mass is 16.3. The summed E-state index contributed by atoms with van der Waals surface area (Å²) in [7, 11) is 0. The highest BCUT2D eigenvalue weighted by Gasteiger charge is 2.22. The maximum atomic E-state index is 12.1. The molecule has 0 saturated heterocycles. The van der Waals surface area contributed by atoms with E-state index >= 15 is 0 Å². The van der Waals surface area contributed by atoms with Crippen LogP contribution in [0.1, 0.15) is 44.0 Å². The minimum Gasteiger partial charge on any atom is -0.393 e. The first-order chi connectivity index (χ1) is 10.5. The maximum absolute atomic E-state index is 12.1. The lowest BCUT2D eigenvalue weighted by Crippen LogP contribution is -2.37. The van der Waals surface area contributed by atoms with Gasteiger partial charge in [-0.15, -0.1) is 0 Å². The molecule has 0 aliphatic heterocycles. The number of hydrogen-bond donors (Lipinski definition) is 3. The molecule has 1 heterocycles. The molecule has 1 saturated carbocycles. The molecule has 22 heavy (non-hydrogen) atoms. The topological polar surface area (TPSA) is 79.2 Å². The predicted octanol–water partition coefficient (Wildman–Crippen LogP) is 1.60. The molecule has 0 bridgehead atoms. The first-order valence-electron chi connectivity index (χ1n) is 8.25. The average Bonchev–Trinajstić information content (AvgIpc) is 2.76. The molecule has 0 aromatic carbocycles. The summed E-state index contributed by atoms with van der Waals surface area (Å²) in [6, 6.07) is 0. The molecule has 0 radical (unpaired) electrons. The molecule has 1 aromatic rings. The predicted molar refractivity (Wildman–Crippen MR) is 86.8 cm³/mol. The zero-order valence-electron chi connectivity index (χ0n) is 13.9. The molecule has 6 heteroatoms. The molecule has 6 nitrogen and oxygen atoms in total. The summed E-state index contributed by atoms with van der Waals surface area (Å²) in [6.45, 7) is 7.65. The van der Waals surface area contributed by atoms with Gasteiger partial charge in [0.1, 0.15) is 0 Å². The van der Waals surface area contributed by atoms with Gasteiger partial charge in [0.05, 0.1) is 29.7 Å². The van der Waals surface area contributed by atoms with Crippen molar-refractivity contribution in [3.63, 3.8) is 0 Å². The van der Waals surface area contributed by atoms with Gasteiger partial charge in [-0.3, -0.25) is 9.48 Å². The van der Waals surface area contributed by atoms with Gasteiger partial charge in [-0.25, -0.2) is 0 Å². The number of nitrogens with zero attached hydrogens (tertiary/aromatic N) is 2. The fourth-order valence-corrected chi connectivity index (χ4v) is 3.17. The maximum Gasteiger partial charge on any atom is 0.238 e. The Morgan fingerprint density at radius 1 is 1.36 bits per heavy atom. The molecule has 1 fully saturated rings. The van der Waals surface area contributed by atoms with Crippen LogP contribution < -0.4 is 10.6 Å². The zero-order chi connectivity index (χ0) is 16.1. The van der Waals surface area contributed by atoms with E-state index in [0.717, 1.165) is 42.9 Å². The molecular weight excluding hydrogens is 280 g/mol. The molecule has 0 unspecified atom stereocenters. The van der Waals surface area contributed by atoms with Gasteiger partial charge in [0, 0.05) is 13.1 Å². The third kappa shape index (κ3) is 4.08. The summed E-state index contributed by atoms with van der Waals surface area (Å²) >= 11 is 0. The lowest BCUT2D eigenvalue weighted by molar-refractivity contribution is -0.115. The Hall–Kier alpha value is -1.40. The normalized spacial score (nSPS) is 21.8. The van der Waals surface area contributed by atoms with Crippen LogP contribution in [0.4, 0.5) is 5.69 Å². The molecule has 3 N–H and O–H groups in total. The van der Waals surface area contributed by atoms with Crippen molar-refractivity contribution in [2.75, 3.05) is 18.4 Å². The monoisotopic (exact) mass is 308 g/mol. The van der Waals surface area contributed by atoms with Crippen molar-refractivity contribution >= 4 is 11.6 Å². The van der Waals surface area contributed by atoms with Crippen LogP contribution in [0.25, 0.3) is 0 Å². The van der Waals surface area contributed by atoms with E-state index in [0.29, 0.717) is 6.54 Å². The van der Waals surface area contributed by atoms with Gasteiger partial charge in [0.2, 0.25) is 5.91 Å². The highest BCUT2D eigenvalue weighted by Crippen LogP contribution is 2.23. The number of rotatable bonds is 6. The van der Waals surface area contributed by atoms with Crippen LogP contribution in [-0.4, -0.2) is 40.0 Å². The summed E-state index contributed by atoms with van der Waals surface area (Å²) in [5.74, 6) is 0.208. The van der Waals surface area contributed by atoms with Crippen LogP contribution in [-0.2, 0) is 11.3 Å². The van der Waals surface area contributed by atoms with Gasteiger partial charge >= 0.3 is 0 Å².